The van der Waals surface area contributed by atoms with Crippen LogP contribution in [0.5, 0.6) is 17.2 Å². The zero-order valence-corrected chi connectivity index (χ0v) is 53.0. The lowest BCUT2D eigenvalue weighted by Gasteiger charge is -2.22. The van der Waals surface area contributed by atoms with Gasteiger partial charge in [0.1, 0.15) is 51.6 Å². The number of hydrogen-bond acceptors (Lipinski definition) is 17. The van der Waals surface area contributed by atoms with E-state index in [4.69, 9.17) is 23.9 Å². The minimum atomic E-state index is -0.869. The molecule has 4 N–H and O–H groups in total. The van der Waals surface area contributed by atoms with Crippen molar-refractivity contribution in [2.45, 2.75) is 118 Å². The van der Waals surface area contributed by atoms with E-state index in [2.05, 4.69) is 62.4 Å². The number of fused-ring (bicyclic) bond motifs is 6. The quantitative estimate of drug-likeness (QED) is 0.0703. The van der Waals surface area contributed by atoms with Crippen LogP contribution in [0.4, 0.5) is 31.0 Å². The molecule has 0 unspecified atom stereocenters. The number of ether oxygens (including phenoxy) is 4. The van der Waals surface area contributed by atoms with Gasteiger partial charge in [0, 0.05) is 181 Å². The molecule has 13 heterocycles. The van der Waals surface area contributed by atoms with E-state index in [9.17, 15) is 18.3 Å². The summed E-state index contributed by atoms with van der Waals surface area (Å²) >= 11 is 0. The second-order valence-corrected chi connectivity index (χ2v) is 24.5. The number of benzene rings is 3. The van der Waals surface area contributed by atoms with Gasteiger partial charge in [0.25, 0.3) is 0 Å². The maximum Gasteiger partial charge on any atom is 0.208 e. The van der Waals surface area contributed by atoms with Gasteiger partial charge in [0.15, 0.2) is 0 Å². The SMILES string of the molecule is CCn1cc(-c2cnc(NCc3c(F)ccc4c3CCO4)n3cc(C)nc23)cn1.Cc1cn2c(NCc3c(F)ccc4c3CCO4)ncc(-c3cnn(C4CCOCC4)c3)c2n1.Cc1cn2c(NCc3c(F)ccc4c3CCO4)ncc(-c3cnn(CC(C)(C)O)c3)c2n1. The fourth-order valence-corrected chi connectivity index (χ4v) is 12.6. The molecule has 1 saturated heterocycles. The van der Waals surface area contributed by atoms with Crippen molar-refractivity contribution in [1.29, 1.82) is 0 Å². The van der Waals surface area contributed by atoms with Crippen LogP contribution >= 0.6 is 0 Å². The van der Waals surface area contributed by atoms with E-state index < -0.39 is 5.60 Å². The molecule has 0 bridgehead atoms. The maximum absolute atomic E-state index is 14.6. The largest absolute Gasteiger partial charge is 0.493 e. The summed E-state index contributed by atoms with van der Waals surface area (Å²) in [5.74, 6) is 3.36. The van der Waals surface area contributed by atoms with E-state index >= 15 is 0 Å². The van der Waals surface area contributed by atoms with E-state index in [0.717, 1.165) is 140 Å². The third-order valence-corrected chi connectivity index (χ3v) is 17.2. The molecule has 4 aliphatic rings. The van der Waals surface area contributed by atoms with Gasteiger partial charge in [-0.15, -0.1) is 0 Å². The van der Waals surface area contributed by atoms with E-state index in [0.29, 0.717) is 99.4 Å². The van der Waals surface area contributed by atoms with Crippen LogP contribution in [-0.2, 0) is 56.7 Å². The van der Waals surface area contributed by atoms with Crippen LogP contribution in [0.3, 0.4) is 0 Å². The lowest BCUT2D eigenvalue weighted by molar-refractivity contribution is 0.0577. The van der Waals surface area contributed by atoms with Crippen LogP contribution in [0.25, 0.3) is 50.3 Å². The standard InChI is InChI=1S/C24H25FN6O2.C23H25FN6O2.C21H21FN6O/c1-15-13-30-23(29-15)19(16-10-28-31(14-16)17-4-7-32-8-5-17)11-26-24(30)27-12-20-18-6-9-33-22(18)3-2-21(20)25;1-14-11-30-21(28-14)17(15-8-27-29(12-15)13-23(2,3)31)9-25-22(30)26-10-18-16-6-7-32-20(16)5-4-19(18)24;1-3-27-12-14(8-25-27)16-9-23-21(28-11-13(2)26-20(16)28)24-10-17-15-6-7-29-19(15)5-4-18(17)22/h2-3,10-11,13-14,17H,4-9,12H2,1H3,(H,26,27);4-5,8-9,11-12,31H,6-7,10,13H2,1-3H3,(H,25,26);4-5,8-9,11-12H,3,6-7,10H2,1-2H3,(H,23,24). The second-order valence-electron chi connectivity index (χ2n) is 24.5. The summed E-state index contributed by atoms with van der Waals surface area (Å²) in [7, 11) is 0. The normalized spacial score (nSPS) is 14.2. The van der Waals surface area contributed by atoms with Gasteiger partial charge in [0.2, 0.25) is 17.8 Å². The van der Waals surface area contributed by atoms with Gasteiger partial charge in [-0.1, -0.05) is 0 Å². The molecule has 12 aromatic rings. The number of aliphatic hydroxyl groups is 1. The van der Waals surface area contributed by atoms with Crippen molar-refractivity contribution < 1.29 is 37.2 Å². The Bertz CT molecular complexity index is 4780. The molecule has 4 aliphatic heterocycles. The van der Waals surface area contributed by atoms with Crippen molar-refractivity contribution in [2.75, 3.05) is 49.0 Å². The van der Waals surface area contributed by atoms with E-state index in [1.165, 1.54) is 18.2 Å². The van der Waals surface area contributed by atoms with Crippen molar-refractivity contribution >= 4 is 34.8 Å². The Morgan fingerprint density at radius 2 is 0.883 bits per heavy atom. The zero-order valence-electron chi connectivity index (χ0n) is 53.0. The molecule has 0 amide bonds. The van der Waals surface area contributed by atoms with Crippen LogP contribution in [0, 0.1) is 38.2 Å². The number of anilines is 3. The molecule has 0 aliphatic carbocycles. The number of aryl methyl sites for hydroxylation is 4. The summed E-state index contributed by atoms with van der Waals surface area (Å²) in [6, 6.07) is 9.80. The highest BCUT2D eigenvalue weighted by Crippen LogP contribution is 2.36. The number of aromatic nitrogens is 15. The Kier molecular flexibility index (Phi) is 16.7. The Hall–Kier alpha value is -10.3. The smallest absolute Gasteiger partial charge is 0.208 e. The number of halogens is 3. The van der Waals surface area contributed by atoms with E-state index in [-0.39, 0.29) is 17.5 Å². The molecule has 16 rings (SSSR count). The first-order valence-electron chi connectivity index (χ1n) is 31.5. The van der Waals surface area contributed by atoms with Gasteiger partial charge >= 0.3 is 0 Å². The van der Waals surface area contributed by atoms with Crippen LogP contribution in [0.15, 0.2) is 111 Å². The number of imidazole rings is 3. The summed E-state index contributed by atoms with van der Waals surface area (Å²) in [6.07, 6.45) is 26.5. The minimum absolute atomic E-state index is 0.233. The van der Waals surface area contributed by atoms with Gasteiger partial charge in [0.05, 0.1) is 73.7 Å². The topological polar surface area (TPSA) is 237 Å². The summed E-state index contributed by atoms with van der Waals surface area (Å²) in [4.78, 5) is 27.9. The Morgan fingerprint density at radius 3 is 1.28 bits per heavy atom. The van der Waals surface area contributed by atoms with Crippen LogP contribution in [0.2, 0.25) is 0 Å². The predicted octanol–water partition coefficient (Wildman–Crippen LogP) is 10.9. The average Bonchev–Trinajstić information content (AvgIpc) is 1.61. The third-order valence-electron chi connectivity index (χ3n) is 17.2. The highest BCUT2D eigenvalue weighted by atomic mass is 19.1. The van der Waals surface area contributed by atoms with Gasteiger partial charge in [-0.25, -0.2) is 43.1 Å². The predicted molar refractivity (Wildman–Crippen MR) is 347 cm³/mol. The van der Waals surface area contributed by atoms with Crippen LogP contribution in [0.1, 0.15) is 90.1 Å². The first kappa shape index (κ1) is 61.2. The van der Waals surface area contributed by atoms with Crippen molar-refractivity contribution in [1.82, 2.24) is 72.4 Å². The Balaban J connectivity index is 0.000000122. The Labute approximate surface area is 538 Å². The van der Waals surface area contributed by atoms with E-state index in [1.54, 1.807) is 55.3 Å². The Morgan fingerprint density at radius 1 is 0.500 bits per heavy atom. The molecule has 9 aromatic heterocycles. The molecule has 23 nitrogen and oxygen atoms in total. The number of hydrogen-bond donors (Lipinski definition) is 4. The summed E-state index contributed by atoms with van der Waals surface area (Å²) < 4.78 is 77.0. The fourth-order valence-electron chi connectivity index (χ4n) is 12.6. The number of nitrogens with zero attached hydrogens (tertiary/aromatic N) is 15. The van der Waals surface area contributed by atoms with Crippen LogP contribution in [-0.4, -0.2) is 116 Å². The lowest BCUT2D eigenvalue weighted by Crippen LogP contribution is -2.26. The summed E-state index contributed by atoms with van der Waals surface area (Å²) in [5.41, 5.74) is 14.1. The first-order chi connectivity index (χ1) is 45.6. The highest BCUT2D eigenvalue weighted by molar-refractivity contribution is 5.79. The molecule has 0 saturated carbocycles. The van der Waals surface area contributed by atoms with E-state index in [1.807, 2.05) is 99.8 Å². The summed E-state index contributed by atoms with van der Waals surface area (Å²) in [5, 5.41) is 33.2. The molecule has 3 aromatic carbocycles. The highest BCUT2D eigenvalue weighted by Gasteiger charge is 2.26. The van der Waals surface area contributed by atoms with Crippen molar-refractivity contribution in [3.63, 3.8) is 0 Å². The van der Waals surface area contributed by atoms with Crippen LogP contribution < -0.4 is 30.2 Å². The average molecular weight is 1280 g/mol. The minimum Gasteiger partial charge on any atom is -0.493 e. The molecular weight excluding hydrogens is 1210 g/mol. The van der Waals surface area contributed by atoms with Gasteiger partial charge in [-0.05, 0) is 90.8 Å². The maximum atomic E-state index is 14.6. The molecule has 484 valence electrons. The molecular formula is C68H71F3N18O5. The molecule has 0 radical (unpaired) electrons. The molecule has 26 heteroatoms. The van der Waals surface area contributed by atoms with Gasteiger partial charge in [-0.3, -0.25) is 27.2 Å². The zero-order chi connectivity index (χ0) is 64.8. The molecule has 0 spiro atoms. The van der Waals surface area contributed by atoms with Crippen molar-refractivity contribution in [3.05, 3.63) is 179 Å². The number of nitrogens with one attached hydrogen (secondary N) is 3. The molecule has 0 atom stereocenters. The first-order valence-corrected chi connectivity index (χ1v) is 31.5. The van der Waals surface area contributed by atoms with Crippen molar-refractivity contribution in [2.24, 2.45) is 0 Å². The summed E-state index contributed by atoms with van der Waals surface area (Å²) in [6.45, 7) is 16.7. The fraction of sp³-hybridized carbons (Fsp3) is 0.338. The monoisotopic (exact) mass is 1280 g/mol. The molecule has 1 fully saturated rings. The molecule has 94 heavy (non-hydrogen) atoms. The van der Waals surface area contributed by atoms with Crippen molar-refractivity contribution in [3.8, 4) is 50.6 Å². The van der Waals surface area contributed by atoms with Gasteiger partial charge in [-0.2, -0.15) is 15.3 Å². The third kappa shape index (κ3) is 12.4. The number of rotatable bonds is 16. The van der Waals surface area contributed by atoms with Gasteiger partial charge < -0.3 is 40.0 Å². The lowest BCUT2D eigenvalue weighted by atomic mass is 10.0. The second kappa shape index (κ2) is 25.6.